The fourth-order valence-electron chi connectivity index (χ4n) is 9.78. The van der Waals surface area contributed by atoms with E-state index in [1.807, 2.05) is 46.6 Å². The van der Waals surface area contributed by atoms with Crippen LogP contribution in [0, 0.1) is 23.7 Å². The summed E-state index contributed by atoms with van der Waals surface area (Å²) in [5, 5.41) is 23.6. The number of likely N-dealkylation sites (N-methyl/N-ethyl adjacent to an activating group) is 2. The number of carboxylic acid groups (broad SMARTS) is 1. The fourth-order valence-corrected chi connectivity index (χ4v) is 10.6. The number of unbranched alkanes of at least 4 members (excludes halogenated alkanes) is 3. The minimum Gasteiger partial charge on any atom is -0.481 e. The maximum atomic E-state index is 14.6. The van der Waals surface area contributed by atoms with Crippen molar-refractivity contribution in [3.8, 4) is 0 Å². The first-order valence-electron chi connectivity index (χ1n) is 27.5. The minimum atomic E-state index is -1.04. The lowest BCUT2D eigenvalue weighted by Crippen LogP contribution is -2.59. The number of piperidine rings is 1. The molecule has 1 saturated heterocycles. The topological polar surface area (TPSA) is 280 Å². The van der Waals surface area contributed by atoms with Gasteiger partial charge in [-0.05, 0) is 120 Å². The van der Waals surface area contributed by atoms with Crippen LogP contribution in [0.25, 0.3) is 0 Å². The molecule has 2 aliphatic rings. The Hall–Kier alpha value is -6.06. The molecule has 0 unspecified atom stereocenters. The Labute approximate surface area is 458 Å². The van der Waals surface area contributed by atoms with Crippen molar-refractivity contribution in [1.82, 2.24) is 35.6 Å². The van der Waals surface area contributed by atoms with E-state index in [-0.39, 0.29) is 85.3 Å². The normalized spacial score (nSPS) is 18.4. The molecule has 0 aliphatic carbocycles. The molecular weight excluding hydrogens is 1010 g/mol. The van der Waals surface area contributed by atoms with Crippen molar-refractivity contribution in [3.05, 3.63) is 58.1 Å². The lowest BCUT2D eigenvalue weighted by molar-refractivity contribution is -0.150. The fraction of sp³-hybridized carbons (Fsp3) is 0.643. The third-order valence-corrected chi connectivity index (χ3v) is 15.6. The highest BCUT2D eigenvalue weighted by molar-refractivity contribution is 7.09. The smallest absolute Gasteiger partial charge is 0.306 e. The molecule has 7 amide bonds. The summed E-state index contributed by atoms with van der Waals surface area (Å²) < 4.78 is 5.87. The van der Waals surface area contributed by atoms with Gasteiger partial charge in [0.15, 0.2) is 6.10 Å². The van der Waals surface area contributed by atoms with Crippen LogP contribution in [0.5, 0.6) is 0 Å². The van der Waals surface area contributed by atoms with E-state index < -0.39 is 59.9 Å². The molecule has 7 N–H and O–H groups in total. The predicted octanol–water partition coefficient (Wildman–Crippen LogP) is 5.76. The number of carbonyl (C=O) groups excluding carboxylic acids is 8. The molecule has 1 aromatic carbocycles. The first-order chi connectivity index (χ1) is 36.6. The predicted molar refractivity (Wildman–Crippen MR) is 294 cm³/mol. The van der Waals surface area contributed by atoms with Crippen LogP contribution >= 0.6 is 11.3 Å². The summed E-state index contributed by atoms with van der Waals surface area (Å²) in [6.07, 6.45) is 7.84. The Balaban J connectivity index is 1.44. The molecule has 77 heavy (non-hydrogen) atoms. The lowest BCUT2D eigenvalue weighted by atomic mass is 9.90. The number of aromatic nitrogens is 1. The number of esters is 1. The number of aliphatic carboxylic acids is 1. The first-order valence-corrected chi connectivity index (χ1v) is 28.3. The van der Waals surface area contributed by atoms with Crippen LogP contribution in [0.4, 0.5) is 5.69 Å². The van der Waals surface area contributed by atoms with Crippen LogP contribution in [0.2, 0.25) is 0 Å². The zero-order valence-corrected chi connectivity index (χ0v) is 47.5. The number of imide groups is 1. The first kappa shape index (κ1) is 63.5. The number of hydrogen-bond acceptors (Lipinski definition) is 14. The monoisotopic (exact) mass is 1090 g/mol. The number of anilines is 1. The Morgan fingerprint density at radius 3 is 2.22 bits per heavy atom. The number of amides is 7. The maximum Gasteiger partial charge on any atom is 0.306 e. The number of hydrogen-bond donors (Lipinski definition) is 6. The van der Waals surface area contributed by atoms with Gasteiger partial charge in [-0.2, -0.15) is 0 Å². The van der Waals surface area contributed by atoms with Crippen molar-refractivity contribution in [1.29, 1.82) is 0 Å². The SMILES string of the molecule is CC[C@H](C)[C@H](NC(=O)[C@H]1C[C@H](C)CCN1C)C(=O)N(CC)[C@H](C[C@@H](OC(C)=O)c1nc(C(=O)N[C@@H](Cc2ccc(NC(=O)[C@H](CCCCN)NC(=O)CCCCCN3C(=O)C=CC3=O)cc2)C[C@H](C)C(=O)O)cs1)C(C)C. The molecular formula is C56H85N9O11S. The number of benzene rings is 1. The molecule has 0 saturated carbocycles. The largest absolute Gasteiger partial charge is 0.481 e. The van der Waals surface area contributed by atoms with Crippen molar-refractivity contribution >= 4 is 70.3 Å². The Morgan fingerprint density at radius 1 is 0.922 bits per heavy atom. The summed E-state index contributed by atoms with van der Waals surface area (Å²) in [7, 11) is 1.94. The molecule has 2 aromatic rings. The van der Waals surface area contributed by atoms with E-state index >= 15 is 0 Å². The number of rotatable bonds is 32. The van der Waals surface area contributed by atoms with Gasteiger partial charge in [0, 0.05) is 68.2 Å². The quantitative estimate of drug-likeness (QED) is 0.0289. The summed E-state index contributed by atoms with van der Waals surface area (Å²) >= 11 is 1.13. The molecule has 0 spiro atoms. The van der Waals surface area contributed by atoms with Crippen LogP contribution in [-0.2, 0) is 49.5 Å². The van der Waals surface area contributed by atoms with E-state index in [4.69, 9.17) is 10.5 Å². The van der Waals surface area contributed by atoms with E-state index in [0.717, 1.165) is 34.8 Å². The molecule has 0 radical (unpaired) electrons. The van der Waals surface area contributed by atoms with Crippen molar-refractivity contribution in [2.24, 2.45) is 29.4 Å². The number of thiazole rings is 1. The van der Waals surface area contributed by atoms with E-state index in [2.05, 4.69) is 33.2 Å². The third kappa shape index (κ3) is 19.7. The van der Waals surface area contributed by atoms with Gasteiger partial charge in [-0.3, -0.25) is 53.0 Å². The molecule has 3 heterocycles. The molecule has 0 bridgehead atoms. The number of likely N-dealkylation sites (tertiary alicyclic amines) is 1. The minimum absolute atomic E-state index is 0.0398. The van der Waals surface area contributed by atoms with Gasteiger partial charge in [0.05, 0.1) is 12.0 Å². The number of carbonyl (C=O) groups is 9. The van der Waals surface area contributed by atoms with E-state index in [1.165, 1.54) is 19.1 Å². The molecule has 9 atom stereocenters. The Bertz CT molecular complexity index is 2340. The van der Waals surface area contributed by atoms with Gasteiger partial charge >= 0.3 is 11.9 Å². The maximum absolute atomic E-state index is 14.6. The Morgan fingerprint density at radius 2 is 1.61 bits per heavy atom. The average Bonchev–Trinajstić information content (AvgIpc) is 4.01. The summed E-state index contributed by atoms with van der Waals surface area (Å²) in [6, 6.07) is 3.83. The molecule has 426 valence electrons. The molecule has 4 rings (SSSR count). The molecule has 20 nitrogen and oxygen atoms in total. The number of carboxylic acids is 1. The second-order valence-electron chi connectivity index (χ2n) is 21.3. The highest BCUT2D eigenvalue weighted by Gasteiger charge is 2.39. The summed E-state index contributed by atoms with van der Waals surface area (Å²) in [4.78, 5) is 127. The van der Waals surface area contributed by atoms with Crippen LogP contribution < -0.4 is 27.0 Å². The van der Waals surface area contributed by atoms with Crippen molar-refractivity contribution in [2.45, 2.75) is 175 Å². The highest BCUT2D eigenvalue weighted by Crippen LogP contribution is 2.32. The number of ether oxygens (including phenoxy) is 1. The van der Waals surface area contributed by atoms with Crippen LogP contribution in [0.3, 0.4) is 0 Å². The standard InChI is InChI=1S/C56H85N9O11S/c1-10-36(6)50(62-53(72)45-29-35(5)25-28-63(45)9)55(73)64(11-2)44(34(3)4)32-46(76-38(8)66)54-61-43(33-77-54)52(71)59-41(30-37(7)56(74)75)31-39-19-21-40(22-20-39)58-51(70)42(17-14-15-26-57)60-47(67)18-13-12-16-27-65-48(68)23-24-49(65)69/h19-24,33-37,41-42,44-46,50H,10-18,25-32,57H2,1-9H3,(H,58,70)(H,59,71)(H,60,67)(H,62,72)(H,74,75)/t35-,36+,37+,41-,42+,44-,45-,46-,50+/m1/s1. The number of nitrogens with one attached hydrogen (secondary N) is 4. The van der Waals surface area contributed by atoms with E-state index in [1.54, 1.807) is 41.5 Å². The van der Waals surface area contributed by atoms with E-state index in [9.17, 15) is 48.3 Å². The van der Waals surface area contributed by atoms with Gasteiger partial charge in [-0.25, -0.2) is 4.98 Å². The van der Waals surface area contributed by atoms with Crippen LogP contribution in [0.1, 0.15) is 160 Å². The van der Waals surface area contributed by atoms with Gasteiger partial charge in [-0.1, -0.05) is 66.5 Å². The van der Waals surface area contributed by atoms with Gasteiger partial charge in [-0.15, -0.1) is 11.3 Å². The zero-order chi connectivity index (χ0) is 56.9. The van der Waals surface area contributed by atoms with Gasteiger partial charge < -0.3 is 41.7 Å². The molecule has 1 fully saturated rings. The lowest BCUT2D eigenvalue weighted by Gasteiger charge is -2.40. The molecule has 21 heteroatoms. The summed E-state index contributed by atoms with van der Waals surface area (Å²) in [6.45, 7) is 16.6. The third-order valence-electron chi connectivity index (χ3n) is 14.7. The number of nitrogens with two attached hydrogens (primary N) is 1. The summed E-state index contributed by atoms with van der Waals surface area (Å²) in [5.41, 5.74) is 6.94. The Kier molecular flexibility index (Phi) is 25.9. The zero-order valence-electron chi connectivity index (χ0n) is 46.6. The second-order valence-corrected chi connectivity index (χ2v) is 22.1. The van der Waals surface area contributed by atoms with Crippen LogP contribution in [0.15, 0.2) is 41.8 Å². The highest BCUT2D eigenvalue weighted by atomic mass is 32.1. The van der Waals surface area contributed by atoms with Gasteiger partial charge in [0.25, 0.3) is 17.7 Å². The van der Waals surface area contributed by atoms with E-state index in [0.29, 0.717) is 81.1 Å². The number of nitrogens with zero attached hydrogens (tertiary/aromatic N) is 4. The molecule has 2 aliphatic heterocycles. The van der Waals surface area contributed by atoms with Gasteiger partial charge in [0.2, 0.25) is 23.6 Å². The van der Waals surface area contributed by atoms with Gasteiger partial charge in [0.1, 0.15) is 22.8 Å². The summed E-state index contributed by atoms with van der Waals surface area (Å²) in [5.74, 6) is -4.69. The molecule has 1 aromatic heterocycles. The average molecular weight is 1090 g/mol. The van der Waals surface area contributed by atoms with Crippen molar-refractivity contribution in [2.75, 3.05) is 38.5 Å². The van der Waals surface area contributed by atoms with Crippen molar-refractivity contribution < 1.29 is 53.0 Å². The van der Waals surface area contributed by atoms with Crippen LogP contribution in [-0.4, -0.2) is 142 Å². The second kappa shape index (κ2) is 31.4. The van der Waals surface area contributed by atoms with Crippen molar-refractivity contribution in [3.63, 3.8) is 0 Å².